The molecule has 34 heavy (non-hydrogen) atoms. The smallest absolute Gasteiger partial charge is 0.225 e. The van der Waals surface area contributed by atoms with Gasteiger partial charge in [-0.2, -0.15) is 0 Å². The van der Waals surface area contributed by atoms with Gasteiger partial charge in [-0.25, -0.2) is 12.7 Å². The summed E-state index contributed by atoms with van der Waals surface area (Å²) in [5, 5.41) is 0. The molecule has 1 amide bonds. The van der Waals surface area contributed by atoms with Gasteiger partial charge in [0, 0.05) is 51.7 Å². The fourth-order valence-corrected chi connectivity index (χ4v) is 6.35. The molecule has 182 valence electrons. The van der Waals surface area contributed by atoms with Crippen LogP contribution in [-0.2, 0) is 20.6 Å². The summed E-state index contributed by atoms with van der Waals surface area (Å²) in [6.45, 7) is 6.92. The lowest BCUT2D eigenvalue weighted by atomic mass is 9.96. The van der Waals surface area contributed by atoms with Gasteiger partial charge in [-0.15, -0.1) is 0 Å². The Bertz CT molecular complexity index is 1090. The number of carbonyl (C=O) groups excluding carboxylic acids is 1. The Hall–Kier alpha value is -2.48. The first-order valence-electron chi connectivity index (χ1n) is 12.2. The third-order valence-electron chi connectivity index (χ3n) is 6.79. The molecule has 2 aliphatic rings. The second-order valence-electron chi connectivity index (χ2n) is 9.36. The lowest BCUT2D eigenvalue weighted by Crippen LogP contribution is -2.51. The highest BCUT2D eigenvalue weighted by molar-refractivity contribution is 7.88. The molecular formula is C27H35N3O3S. The fourth-order valence-electron chi connectivity index (χ4n) is 4.80. The molecule has 7 heteroatoms. The van der Waals surface area contributed by atoms with Crippen LogP contribution in [-0.4, -0.2) is 74.2 Å². The van der Waals surface area contributed by atoms with E-state index in [9.17, 15) is 13.2 Å². The molecule has 2 saturated heterocycles. The molecule has 2 aromatic rings. The molecule has 2 heterocycles. The van der Waals surface area contributed by atoms with Crippen LogP contribution in [0.4, 0.5) is 0 Å². The molecule has 6 nitrogen and oxygen atoms in total. The van der Waals surface area contributed by atoms with E-state index in [4.69, 9.17) is 0 Å². The molecule has 0 bridgehead atoms. The number of hydrogen-bond donors (Lipinski definition) is 0. The Morgan fingerprint density at radius 3 is 2.32 bits per heavy atom. The van der Waals surface area contributed by atoms with E-state index in [1.807, 2.05) is 54.3 Å². The first-order chi connectivity index (χ1) is 16.4. The Kier molecular flexibility index (Phi) is 8.19. The van der Waals surface area contributed by atoms with Crippen LogP contribution >= 0.6 is 0 Å². The minimum Gasteiger partial charge on any atom is -0.340 e. The van der Waals surface area contributed by atoms with Crippen molar-refractivity contribution >= 4 is 22.0 Å². The van der Waals surface area contributed by atoms with Crippen LogP contribution in [0.3, 0.4) is 0 Å². The standard InChI is InChI=1S/C27H35N3O3S/c1-23-7-5-10-25(21-23)22-34(32,33)30-15-12-26(13-16-30)27(31)29-19-17-28(18-20-29)14-6-11-24-8-3-2-4-9-24/h2-11,21,26H,12-20,22H2,1H3. The van der Waals surface area contributed by atoms with Gasteiger partial charge in [-0.3, -0.25) is 9.69 Å². The minimum absolute atomic E-state index is 0.0218. The molecule has 0 aromatic heterocycles. The quantitative estimate of drug-likeness (QED) is 0.608. The summed E-state index contributed by atoms with van der Waals surface area (Å²) < 4.78 is 27.3. The van der Waals surface area contributed by atoms with Crippen molar-refractivity contribution in [2.45, 2.75) is 25.5 Å². The highest BCUT2D eigenvalue weighted by Crippen LogP contribution is 2.24. The third kappa shape index (κ3) is 6.56. The molecule has 0 N–H and O–H groups in total. The predicted molar refractivity (Wildman–Crippen MR) is 137 cm³/mol. The average Bonchev–Trinajstić information content (AvgIpc) is 2.84. The zero-order chi connectivity index (χ0) is 24.0. The maximum absolute atomic E-state index is 13.1. The maximum atomic E-state index is 13.1. The molecular weight excluding hydrogens is 446 g/mol. The van der Waals surface area contributed by atoms with Crippen LogP contribution in [0.5, 0.6) is 0 Å². The van der Waals surface area contributed by atoms with E-state index in [2.05, 4.69) is 29.2 Å². The van der Waals surface area contributed by atoms with Crippen LogP contribution in [0.25, 0.3) is 6.08 Å². The summed E-state index contributed by atoms with van der Waals surface area (Å²) in [5.74, 6) is 0.138. The Balaban J connectivity index is 1.21. The summed E-state index contributed by atoms with van der Waals surface area (Å²) in [5.41, 5.74) is 3.07. The maximum Gasteiger partial charge on any atom is 0.225 e. The van der Waals surface area contributed by atoms with Crippen LogP contribution in [0.2, 0.25) is 0 Å². The summed E-state index contributed by atoms with van der Waals surface area (Å²) >= 11 is 0. The van der Waals surface area contributed by atoms with Crippen LogP contribution in [0, 0.1) is 12.8 Å². The Morgan fingerprint density at radius 2 is 1.65 bits per heavy atom. The van der Waals surface area contributed by atoms with Crippen LogP contribution in [0.15, 0.2) is 60.7 Å². The topological polar surface area (TPSA) is 60.9 Å². The van der Waals surface area contributed by atoms with Crippen molar-refractivity contribution in [3.8, 4) is 0 Å². The number of amides is 1. The second-order valence-corrected chi connectivity index (χ2v) is 11.3. The minimum atomic E-state index is -3.37. The van der Waals surface area contributed by atoms with Crippen molar-refractivity contribution in [1.29, 1.82) is 0 Å². The van der Waals surface area contributed by atoms with E-state index < -0.39 is 10.0 Å². The number of benzene rings is 2. The summed E-state index contributed by atoms with van der Waals surface area (Å²) in [4.78, 5) is 17.4. The van der Waals surface area contributed by atoms with Gasteiger partial charge in [-0.1, -0.05) is 72.3 Å². The number of sulfonamides is 1. The highest BCUT2D eigenvalue weighted by atomic mass is 32.2. The van der Waals surface area contributed by atoms with E-state index >= 15 is 0 Å². The van der Waals surface area contributed by atoms with Gasteiger partial charge in [0.15, 0.2) is 0 Å². The monoisotopic (exact) mass is 481 g/mol. The third-order valence-corrected chi connectivity index (χ3v) is 8.64. The Labute approximate surface area is 203 Å². The predicted octanol–water partition coefficient (Wildman–Crippen LogP) is 3.39. The van der Waals surface area contributed by atoms with Crippen LogP contribution < -0.4 is 0 Å². The SMILES string of the molecule is Cc1cccc(CS(=O)(=O)N2CCC(C(=O)N3CCN(CC=Cc4ccccc4)CC3)CC2)c1. The molecule has 0 atom stereocenters. The van der Waals surface area contributed by atoms with Gasteiger partial charge in [0.25, 0.3) is 0 Å². The van der Waals surface area contributed by atoms with Crippen molar-refractivity contribution in [3.05, 3.63) is 77.4 Å². The molecule has 0 saturated carbocycles. The zero-order valence-electron chi connectivity index (χ0n) is 20.0. The number of piperidine rings is 1. The number of carbonyl (C=O) groups is 1. The van der Waals surface area contributed by atoms with Gasteiger partial charge >= 0.3 is 0 Å². The second kappa shape index (κ2) is 11.3. The van der Waals surface area contributed by atoms with Gasteiger partial charge in [-0.05, 0) is 30.9 Å². The van der Waals surface area contributed by atoms with Crippen molar-refractivity contribution in [3.63, 3.8) is 0 Å². The summed E-state index contributed by atoms with van der Waals surface area (Å²) in [6, 6.07) is 17.9. The molecule has 0 radical (unpaired) electrons. The van der Waals surface area contributed by atoms with E-state index in [0.717, 1.165) is 43.9 Å². The van der Waals surface area contributed by atoms with Crippen molar-refractivity contribution < 1.29 is 13.2 Å². The van der Waals surface area contributed by atoms with Crippen LogP contribution in [0.1, 0.15) is 29.5 Å². The normalized spacial score (nSPS) is 19.0. The van der Waals surface area contributed by atoms with E-state index in [-0.39, 0.29) is 17.6 Å². The van der Waals surface area contributed by atoms with E-state index in [0.29, 0.717) is 25.9 Å². The van der Waals surface area contributed by atoms with Crippen molar-refractivity contribution in [2.24, 2.45) is 5.92 Å². The number of nitrogens with zero attached hydrogens (tertiary/aromatic N) is 3. The number of piperazine rings is 1. The lowest BCUT2D eigenvalue weighted by Gasteiger charge is -2.38. The fraction of sp³-hybridized carbons (Fsp3) is 0.444. The van der Waals surface area contributed by atoms with Crippen molar-refractivity contribution in [1.82, 2.24) is 14.1 Å². The number of rotatable bonds is 7. The van der Waals surface area contributed by atoms with Gasteiger partial charge < -0.3 is 4.90 Å². The van der Waals surface area contributed by atoms with Gasteiger partial charge in [0.05, 0.1) is 5.75 Å². The molecule has 0 unspecified atom stereocenters. The lowest BCUT2D eigenvalue weighted by molar-refractivity contribution is -0.138. The highest BCUT2D eigenvalue weighted by Gasteiger charge is 2.34. The molecule has 4 rings (SSSR count). The number of aryl methyl sites for hydroxylation is 1. The molecule has 0 spiro atoms. The number of hydrogen-bond acceptors (Lipinski definition) is 4. The van der Waals surface area contributed by atoms with Crippen molar-refractivity contribution in [2.75, 3.05) is 45.8 Å². The zero-order valence-corrected chi connectivity index (χ0v) is 20.8. The summed E-state index contributed by atoms with van der Waals surface area (Å²) in [7, 11) is -3.37. The first-order valence-corrected chi connectivity index (χ1v) is 13.8. The van der Waals surface area contributed by atoms with Gasteiger partial charge in [0.1, 0.15) is 0 Å². The Morgan fingerprint density at radius 1 is 0.941 bits per heavy atom. The van der Waals surface area contributed by atoms with E-state index in [1.165, 1.54) is 5.56 Å². The first kappa shape index (κ1) is 24.6. The molecule has 2 fully saturated rings. The average molecular weight is 482 g/mol. The van der Waals surface area contributed by atoms with Gasteiger partial charge in [0.2, 0.25) is 15.9 Å². The van der Waals surface area contributed by atoms with E-state index in [1.54, 1.807) is 4.31 Å². The largest absolute Gasteiger partial charge is 0.340 e. The molecule has 2 aromatic carbocycles. The summed E-state index contributed by atoms with van der Waals surface area (Å²) in [6.07, 6.45) is 5.52. The molecule has 0 aliphatic carbocycles. The molecule has 2 aliphatic heterocycles.